The number of hydrogen-bond donors (Lipinski definition) is 2. The van der Waals surface area contributed by atoms with Crippen LogP contribution in [0.2, 0.25) is 0 Å². The van der Waals surface area contributed by atoms with E-state index >= 15 is 0 Å². The minimum atomic E-state index is -0.570. The molecule has 0 aliphatic carbocycles. The minimum absolute atomic E-state index is 0. The molecule has 112 valence electrons. The third-order valence-electron chi connectivity index (χ3n) is 2.60. The lowest BCUT2D eigenvalue weighted by Gasteiger charge is -2.12. The quantitative estimate of drug-likeness (QED) is 0.489. The van der Waals surface area contributed by atoms with Crippen LogP contribution in [-0.2, 0) is 0 Å². The number of para-hydroxylation sites is 1. The molecule has 0 saturated heterocycles. The van der Waals surface area contributed by atoms with Crippen molar-refractivity contribution in [3.8, 4) is 11.5 Å². The molecule has 0 fully saturated rings. The highest BCUT2D eigenvalue weighted by Gasteiger charge is 2.12. The van der Waals surface area contributed by atoms with Gasteiger partial charge >= 0.3 is 0 Å². The van der Waals surface area contributed by atoms with Gasteiger partial charge in [-0.15, -0.1) is 12.4 Å². The van der Waals surface area contributed by atoms with Crippen LogP contribution in [0.1, 0.15) is 5.56 Å². The molecule has 2 aromatic rings. The lowest BCUT2D eigenvalue weighted by Crippen LogP contribution is -2.17. The Kier molecular flexibility index (Phi) is 6.49. The highest BCUT2D eigenvalue weighted by Crippen LogP contribution is 2.20. The van der Waals surface area contributed by atoms with Crippen LogP contribution in [0, 0.1) is 11.2 Å². The maximum Gasteiger partial charge on any atom is 0.137 e. The van der Waals surface area contributed by atoms with Crippen LogP contribution in [0.25, 0.3) is 0 Å². The zero-order valence-corrected chi connectivity index (χ0v) is 12.0. The normalized spacial score (nSPS) is 9.57. The Morgan fingerprint density at radius 3 is 2.33 bits per heavy atom. The Morgan fingerprint density at radius 2 is 1.67 bits per heavy atom. The first-order valence-electron chi connectivity index (χ1n) is 6.12. The molecule has 0 bridgehead atoms. The van der Waals surface area contributed by atoms with Gasteiger partial charge in [-0.1, -0.05) is 24.3 Å². The van der Waals surface area contributed by atoms with Crippen molar-refractivity contribution in [3.63, 3.8) is 0 Å². The number of benzene rings is 2. The number of nitrogens with two attached hydrogens (primary N) is 1. The molecule has 0 aromatic heterocycles. The molecule has 0 heterocycles. The fraction of sp³-hybridized carbons (Fsp3) is 0.133. The van der Waals surface area contributed by atoms with E-state index in [0.29, 0.717) is 6.61 Å². The molecular formula is C15H16ClFN2O2. The molecule has 6 heteroatoms. The van der Waals surface area contributed by atoms with Gasteiger partial charge in [0.1, 0.15) is 36.4 Å². The molecular weight excluding hydrogens is 295 g/mol. The SMILES string of the molecule is Cl.N=C(N)c1c(F)cccc1OCCOc1ccccc1. The molecule has 21 heavy (non-hydrogen) atoms. The van der Waals surface area contributed by atoms with Gasteiger partial charge in [0, 0.05) is 0 Å². The number of ether oxygens (including phenoxy) is 2. The molecule has 2 aromatic carbocycles. The van der Waals surface area contributed by atoms with Crippen LogP contribution in [0.4, 0.5) is 4.39 Å². The van der Waals surface area contributed by atoms with Crippen molar-refractivity contribution in [1.29, 1.82) is 5.41 Å². The van der Waals surface area contributed by atoms with Crippen LogP contribution >= 0.6 is 12.4 Å². The average Bonchev–Trinajstić information content (AvgIpc) is 2.44. The number of amidine groups is 1. The van der Waals surface area contributed by atoms with E-state index < -0.39 is 5.82 Å². The van der Waals surface area contributed by atoms with Crippen LogP contribution < -0.4 is 15.2 Å². The second-order valence-corrected chi connectivity index (χ2v) is 4.04. The summed E-state index contributed by atoms with van der Waals surface area (Å²) < 4.78 is 24.4. The molecule has 2 rings (SSSR count). The maximum absolute atomic E-state index is 13.5. The first-order chi connectivity index (χ1) is 9.68. The van der Waals surface area contributed by atoms with Gasteiger partial charge in [0.25, 0.3) is 0 Å². The van der Waals surface area contributed by atoms with Crippen LogP contribution in [0.3, 0.4) is 0 Å². The zero-order valence-electron chi connectivity index (χ0n) is 11.2. The van der Waals surface area contributed by atoms with E-state index in [4.69, 9.17) is 20.6 Å². The third-order valence-corrected chi connectivity index (χ3v) is 2.60. The predicted octanol–water partition coefficient (Wildman–Crippen LogP) is 2.99. The summed E-state index contributed by atoms with van der Waals surface area (Å²) >= 11 is 0. The van der Waals surface area contributed by atoms with Crippen LogP contribution in [0.15, 0.2) is 48.5 Å². The van der Waals surface area contributed by atoms with Gasteiger partial charge in [0.2, 0.25) is 0 Å². The van der Waals surface area contributed by atoms with E-state index in [1.54, 1.807) is 6.07 Å². The second kappa shape index (κ2) is 8.11. The van der Waals surface area contributed by atoms with E-state index in [-0.39, 0.29) is 36.2 Å². The van der Waals surface area contributed by atoms with E-state index in [9.17, 15) is 4.39 Å². The molecule has 0 aliphatic rings. The van der Waals surface area contributed by atoms with Gasteiger partial charge in [-0.25, -0.2) is 4.39 Å². The summed E-state index contributed by atoms with van der Waals surface area (Å²) in [5.41, 5.74) is 5.32. The fourth-order valence-corrected chi connectivity index (χ4v) is 1.71. The second-order valence-electron chi connectivity index (χ2n) is 4.04. The molecule has 0 spiro atoms. The molecule has 4 nitrogen and oxygen atoms in total. The highest BCUT2D eigenvalue weighted by atomic mass is 35.5. The standard InChI is InChI=1S/C15H15FN2O2.ClH/c16-12-7-4-8-13(14(12)15(17)18)20-10-9-19-11-5-2-1-3-6-11;/h1-8H,9-10H2,(H3,17,18);1H. The Bertz CT molecular complexity index is 593. The molecule has 0 unspecified atom stereocenters. The summed E-state index contributed by atoms with van der Waals surface area (Å²) in [5, 5.41) is 7.36. The number of rotatable bonds is 6. The van der Waals surface area contributed by atoms with Crippen molar-refractivity contribution in [2.24, 2.45) is 5.73 Å². The molecule has 0 amide bonds. The lowest BCUT2D eigenvalue weighted by atomic mass is 10.1. The predicted molar refractivity (Wildman–Crippen MR) is 82.1 cm³/mol. The van der Waals surface area contributed by atoms with Crippen LogP contribution in [-0.4, -0.2) is 19.0 Å². The first-order valence-corrected chi connectivity index (χ1v) is 6.12. The van der Waals surface area contributed by atoms with Crippen molar-refractivity contribution in [2.45, 2.75) is 0 Å². The zero-order chi connectivity index (χ0) is 14.4. The minimum Gasteiger partial charge on any atom is -0.490 e. The summed E-state index contributed by atoms with van der Waals surface area (Å²) in [5.74, 6) is 0.0531. The summed E-state index contributed by atoms with van der Waals surface area (Å²) in [6.45, 7) is 0.552. The van der Waals surface area contributed by atoms with Gasteiger partial charge in [-0.2, -0.15) is 0 Å². The molecule has 3 N–H and O–H groups in total. The van der Waals surface area contributed by atoms with Gasteiger partial charge in [-0.05, 0) is 24.3 Å². The summed E-state index contributed by atoms with van der Waals surface area (Å²) in [4.78, 5) is 0. The van der Waals surface area contributed by atoms with E-state index in [1.165, 1.54) is 12.1 Å². The van der Waals surface area contributed by atoms with Gasteiger partial charge in [-0.3, -0.25) is 5.41 Å². The van der Waals surface area contributed by atoms with Crippen molar-refractivity contribution < 1.29 is 13.9 Å². The monoisotopic (exact) mass is 310 g/mol. The number of hydrogen-bond acceptors (Lipinski definition) is 3. The fourth-order valence-electron chi connectivity index (χ4n) is 1.71. The van der Waals surface area contributed by atoms with Crippen molar-refractivity contribution in [2.75, 3.05) is 13.2 Å². The smallest absolute Gasteiger partial charge is 0.137 e. The molecule has 0 radical (unpaired) electrons. The van der Waals surface area contributed by atoms with E-state index in [0.717, 1.165) is 5.75 Å². The number of halogens is 2. The topological polar surface area (TPSA) is 68.3 Å². The van der Waals surface area contributed by atoms with Gasteiger partial charge in [0.05, 0.1) is 5.56 Å². The Morgan fingerprint density at radius 1 is 1.00 bits per heavy atom. The lowest BCUT2D eigenvalue weighted by molar-refractivity contribution is 0.216. The Hall–Kier alpha value is -2.27. The Labute approximate surface area is 128 Å². The molecule has 0 saturated carbocycles. The van der Waals surface area contributed by atoms with Gasteiger partial charge in [0.15, 0.2) is 0 Å². The van der Waals surface area contributed by atoms with E-state index in [1.807, 2.05) is 30.3 Å². The highest BCUT2D eigenvalue weighted by molar-refractivity contribution is 5.97. The van der Waals surface area contributed by atoms with Crippen LogP contribution in [0.5, 0.6) is 11.5 Å². The Balaban J connectivity index is 0.00000220. The van der Waals surface area contributed by atoms with E-state index in [2.05, 4.69) is 0 Å². The molecule has 0 atom stereocenters. The summed E-state index contributed by atoms with van der Waals surface area (Å²) in [7, 11) is 0. The average molecular weight is 311 g/mol. The van der Waals surface area contributed by atoms with Crippen molar-refractivity contribution in [3.05, 3.63) is 59.9 Å². The van der Waals surface area contributed by atoms with Crippen molar-refractivity contribution >= 4 is 18.2 Å². The third kappa shape index (κ3) is 4.65. The summed E-state index contributed by atoms with van der Waals surface area (Å²) in [6.07, 6.45) is 0. The molecule has 0 aliphatic heterocycles. The largest absolute Gasteiger partial charge is 0.490 e. The maximum atomic E-state index is 13.5. The summed E-state index contributed by atoms with van der Waals surface area (Å²) in [6, 6.07) is 13.6. The van der Waals surface area contributed by atoms with Crippen molar-refractivity contribution in [1.82, 2.24) is 0 Å². The number of nitrogens with one attached hydrogen (secondary N) is 1. The van der Waals surface area contributed by atoms with Gasteiger partial charge < -0.3 is 15.2 Å². The number of nitrogen functional groups attached to an aromatic ring is 1. The first kappa shape index (κ1) is 16.8.